The lowest BCUT2D eigenvalue weighted by molar-refractivity contribution is -0.118. The third-order valence-corrected chi connectivity index (χ3v) is 6.79. The molecule has 3 aliphatic rings. The van der Waals surface area contributed by atoms with Crippen LogP contribution >= 0.6 is 0 Å². The summed E-state index contributed by atoms with van der Waals surface area (Å²) in [5.41, 5.74) is 0.796. The molecule has 0 unspecified atom stereocenters. The highest BCUT2D eigenvalue weighted by Crippen LogP contribution is 2.37. The summed E-state index contributed by atoms with van der Waals surface area (Å²) in [7, 11) is 0. The number of halogens is 1. The van der Waals surface area contributed by atoms with Crippen LogP contribution in [0.1, 0.15) is 26.2 Å². The Morgan fingerprint density at radius 3 is 2.95 bits per heavy atom. The summed E-state index contributed by atoms with van der Waals surface area (Å²) in [6.45, 7) is 5.62. The van der Waals surface area contributed by atoms with Gasteiger partial charge in [0.05, 0.1) is 17.4 Å². The van der Waals surface area contributed by atoms with E-state index in [0.29, 0.717) is 48.9 Å². The minimum atomic E-state index is -0.482. The van der Waals surface area contributed by atoms with E-state index in [1.807, 2.05) is 0 Å². The first kappa shape index (κ1) is 24.6. The fourth-order valence-electron chi connectivity index (χ4n) is 5.07. The first-order valence-electron chi connectivity index (χ1n) is 12.1. The van der Waals surface area contributed by atoms with Crippen LogP contribution in [0.4, 0.5) is 32.2 Å². The molecule has 194 valence electrons. The number of aromatic nitrogens is 1. The molecule has 0 spiro atoms. The molecule has 11 nitrogen and oxygen atoms in total. The minimum Gasteiger partial charge on any atom is -0.480 e. The van der Waals surface area contributed by atoms with Crippen LogP contribution in [0.3, 0.4) is 0 Å². The maximum absolute atomic E-state index is 13.8. The number of hydrogen-bond donors (Lipinski definition) is 2. The van der Waals surface area contributed by atoms with Crippen molar-refractivity contribution >= 4 is 47.6 Å². The van der Waals surface area contributed by atoms with Gasteiger partial charge in [-0.2, -0.15) is 0 Å². The SMILES string of the molecule is C=Nc1ccc(F)cc1N(CCN[C@@H]1CC[C@@H]2[C@@H](C1)OC(=O)N2c1ccc2c(n1)NC(=O)CO2)C(C)=O. The quantitative estimate of drug-likeness (QED) is 0.549. The van der Waals surface area contributed by atoms with Crippen molar-refractivity contribution in [3.63, 3.8) is 0 Å². The van der Waals surface area contributed by atoms with Gasteiger partial charge in [0.25, 0.3) is 5.91 Å². The molecular formula is C25H27FN6O5. The number of hydrogen-bond acceptors (Lipinski definition) is 8. The van der Waals surface area contributed by atoms with E-state index in [1.165, 1.54) is 34.9 Å². The van der Waals surface area contributed by atoms with Crippen LogP contribution in [0, 0.1) is 5.82 Å². The van der Waals surface area contributed by atoms with Gasteiger partial charge >= 0.3 is 6.09 Å². The topological polar surface area (TPSA) is 125 Å². The van der Waals surface area contributed by atoms with E-state index in [0.717, 1.165) is 6.42 Å². The van der Waals surface area contributed by atoms with Gasteiger partial charge in [-0.1, -0.05) is 0 Å². The number of anilines is 3. The monoisotopic (exact) mass is 510 g/mol. The summed E-state index contributed by atoms with van der Waals surface area (Å²) >= 11 is 0. The predicted molar refractivity (Wildman–Crippen MR) is 134 cm³/mol. The Morgan fingerprint density at radius 1 is 1.32 bits per heavy atom. The molecule has 3 heterocycles. The largest absolute Gasteiger partial charge is 0.480 e. The Morgan fingerprint density at radius 2 is 2.16 bits per heavy atom. The first-order chi connectivity index (χ1) is 17.8. The van der Waals surface area contributed by atoms with Gasteiger partial charge in [-0.05, 0) is 49.9 Å². The molecule has 1 aliphatic carbocycles. The fourth-order valence-corrected chi connectivity index (χ4v) is 5.07. The fraction of sp³-hybridized carbons (Fsp3) is 0.400. The zero-order valence-corrected chi connectivity index (χ0v) is 20.3. The van der Waals surface area contributed by atoms with E-state index in [-0.39, 0.29) is 42.4 Å². The van der Waals surface area contributed by atoms with Crippen LogP contribution in [0.2, 0.25) is 0 Å². The highest BCUT2D eigenvalue weighted by atomic mass is 19.1. The molecule has 12 heteroatoms. The number of nitrogens with one attached hydrogen (secondary N) is 2. The van der Waals surface area contributed by atoms with E-state index in [9.17, 15) is 18.8 Å². The van der Waals surface area contributed by atoms with Crippen LogP contribution in [0.25, 0.3) is 0 Å². The Balaban J connectivity index is 1.21. The lowest BCUT2D eigenvalue weighted by Crippen LogP contribution is -2.47. The second-order valence-electron chi connectivity index (χ2n) is 9.14. The highest BCUT2D eigenvalue weighted by molar-refractivity contribution is 5.96. The van der Waals surface area contributed by atoms with Gasteiger partial charge in [0.1, 0.15) is 17.7 Å². The number of carbonyl (C=O) groups is 3. The smallest absolute Gasteiger partial charge is 0.416 e. The number of pyridine rings is 1. The molecule has 5 rings (SSSR count). The molecule has 3 atom stereocenters. The van der Waals surface area contributed by atoms with Crippen molar-refractivity contribution in [3.8, 4) is 5.75 Å². The number of aliphatic imine (C=N–C) groups is 1. The van der Waals surface area contributed by atoms with Gasteiger partial charge in [0, 0.05) is 32.5 Å². The van der Waals surface area contributed by atoms with Crippen molar-refractivity contribution in [1.29, 1.82) is 0 Å². The van der Waals surface area contributed by atoms with Crippen molar-refractivity contribution in [2.24, 2.45) is 4.99 Å². The second kappa shape index (κ2) is 10.1. The molecule has 1 saturated heterocycles. The molecular weight excluding hydrogens is 483 g/mol. The molecule has 0 bridgehead atoms. The predicted octanol–water partition coefficient (Wildman–Crippen LogP) is 2.77. The lowest BCUT2D eigenvalue weighted by Gasteiger charge is -2.33. The summed E-state index contributed by atoms with van der Waals surface area (Å²) in [4.78, 5) is 48.0. The molecule has 2 aliphatic heterocycles. The molecule has 2 N–H and O–H groups in total. The van der Waals surface area contributed by atoms with Gasteiger partial charge in [0.2, 0.25) is 5.91 Å². The summed E-state index contributed by atoms with van der Waals surface area (Å²) in [5, 5.41) is 6.09. The maximum atomic E-state index is 13.8. The zero-order chi connectivity index (χ0) is 26.1. The Bertz CT molecular complexity index is 1260. The molecule has 1 aromatic heterocycles. The Hall–Kier alpha value is -4.06. The summed E-state index contributed by atoms with van der Waals surface area (Å²) in [6, 6.07) is 7.28. The van der Waals surface area contributed by atoms with Crippen LogP contribution in [0.15, 0.2) is 35.3 Å². The van der Waals surface area contributed by atoms with Gasteiger partial charge < -0.3 is 25.0 Å². The third kappa shape index (κ3) is 4.96. The van der Waals surface area contributed by atoms with Crippen molar-refractivity contribution < 1.29 is 28.2 Å². The number of nitrogens with zero attached hydrogens (tertiary/aromatic N) is 4. The first-order valence-corrected chi connectivity index (χ1v) is 12.1. The van der Waals surface area contributed by atoms with E-state index in [1.54, 1.807) is 12.1 Å². The molecule has 2 aromatic rings. The van der Waals surface area contributed by atoms with E-state index in [4.69, 9.17) is 9.47 Å². The average molecular weight is 511 g/mol. The maximum Gasteiger partial charge on any atom is 0.416 e. The van der Waals surface area contributed by atoms with E-state index >= 15 is 0 Å². The van der Waals surface area contributed by atoms with Crippen molar-refractivity contribution in [1.82, 2.24) is 10.3 Å². The minimum absolute atomic E-state index is 0.0662. The molecule has 1 aromatic carbocycles. The number of carbonyl (C=O) groups excluding carboxylic acids is 3. The number of fused-ring (bicyclic) bond motifs is 2. The molecule has 0 radical (unpaired) electrons. The van der Waals surface area contributed by atoms with Gasteiger partial charge in [0.15, 0.2) is 18.2 Å². The van der Waals surface area contributed by atoms with Gasteiger partial charge in [-0.25, -0.2) is 14.2 Å². The normalized spacial score (nSPS) is 22.3. The number of amides is 3. The van der Waals surface area contributed by atoms with Crippen LogP contribution in [0.5, 0.6) is 5.75 Å². The second-order valence-corrected chi connectivity index (χ2v) is 9.14. The van der Waals surface area contributed by atoms with E-state index < -0.39 is 11.9 Å². The lowest BCUT2D eigenvalue weighted by atomic mass is 9.88. The Labute approximate surface area is 212 Å². The third-order valence-electron chi connectivity index (χ3n) is 6.79. The number of ether oxygens (including phenoxy) is 2. The molecule has 37 heavy (non-hydrogen) atoms. The van der Waals surface area contributed by atoms with Crippen LogP contribution < -0.4 is 25.2 Å². The number of benzene rings is 1. The van der Waals surface area contributed by atoms with E-state index in [2.05, 4.69) is 27.3 Å². The van der Waals surface area contributed by atoms with Crippen LogP contribution in [-0.4, -0.2) is 67.5 Å². The van der Waals surface area contributed by atoms with Crippen molar-refractivity contribution in [2.75, 3.05) is 34.8 Å². The van der Waals surface area contributed by atoms with Crippen molar-refractivity contribution in [2.45, 2.75) is 44.4 Å². The van der Waals surface area contributed by atoms with Crippen molar-refractivity contribution in [3.05, 3.63) is 36.1 Å². The van der Waals surface area contributed by atoms with Gasteiger partial charge in [-0.3, -0.25) is 19.5 Å². The molecule has 2 fully saturated rings. The van der Waals surface area contributed by atoms with Crippen LogP contribution in [-0.2, 0) is 14.3 Å². The van der Waals surface area contributed by atoms with Gasteiger partial charge in [-0.15, -0.1) is 0 Å². The summed E-state index contributed by atoms with van der Waals surface area (Å²) in [5.74, 6) is 0.129. The standard InChI is InChI=1S/C25H27FN6O5/c1-14(33)31(19-11-15(26)3-5-17(19)27-2)10-9-28-16-4-6-18-21(12-16)37-25(35)32(18)22-8-7-20-24(29-22)30-23(34)13-36-20/h3,5,7-8,11,16,18,21,28H,2,4,6,9-10,12-13H2,1H3,(H,29,30,34)/t16-,18-,21-/m1/s1. The average Bonchev–Trinajstić information content (AvgIpc) is 3.20. The molecule has 1 saturated carbocycles. The Kier molecular flexibility index (Phi) is 6.74. The summed E-state index contributed by atoms with van der Waals surface area (Å²) in [6.07, 6.45) is 1.24. The highest BCUT2D eigenvalue weighted by Gasteiger charge is 2.46. The zero-order valence-electron chi connectivity index (χ0n) is 20.3. The molecule has 3 amide bonds. The summed E-state index contributed by atoms with van der Waals surface area (Å²) < 4.78 is 24.9. The number of rotatable bonds is 7.